The Labute approximate surface area is 178 Å². The first-order valence-electron chi connectivity index (χ1n) is 9.77. The number of aryl methyl sites for hydroxylation is 1. The first-order valence-corrected chi connectivity index (χ1v) is 11.6. The smallest absolute Gasteiger partial charge is 0.338 e. The molecule has 0 saturated heterocycles. The molecule has 0 aliphatic heterocycles. The van der Waals surface area contributed by atoms with Crippen LogP contribution in [0.5, 0.6) is 0 Å². The number of amides is 1. The minimum Gasteiger partial charge on any atom is -0.462 e. The number of rotatable bonds is 9. The maximum Gasteiger partial charge on any atom is 0.338 e. The Bertz CT molecular complexity index is 987. The van der Waals surface area contributed by atoms with E-state index < -0.39 is 27.9 Å². The largest absolute Gasteiger partial charge is 0.462 e. The number of anilines is 2. The molecule has 7 nitrogen and oxygen atoms in total. The number of nitrogens with zero attached hydrogens (tertiary/aromatic N) is 1. The van der Waals surface area contributed by atoms with Crippen molar-refractivity contribution < 1.29 is 22.7 Å². The molecule has 0 aliphatic carbocycles. The SMILES string of the molecule is CCCCOC(=O)c1ccc(NC(=O)[C@H](C)N(c2cccc(C)c2)S(C)(=O)=O)cc1. The summed E-state index contributed by atoms with van der Waals surface area (Å²) in [5.41, 5.74) is 2.14. The van der Waals surface area contributed by atoms with Crippen molar-refractivity contribution in [3.05, 3.63) is 59.7 Å². The predicted octanol–water partition coefficient (Wildman–Crippen LogP) is 3.75. The summed E-state index contributed by atoms with van der Waals surface area (Å²) >= 11 is 0. The van der Waals surface area contributed by atoms with Crippen molar-refractivity contribution >= 4 is 33.3 Å². The molecule has 0 saturated carbocycles. The monoisotopic (exact) mass is 432 g/mol. The molecule has 162 valence electrons. The Morgan fingerprint density at radius 3 is 2.37 bits per heavy atom. The molecular formula is C22H28N2O5S. The second-order valence-electron chi connectivity index (χ2n) is 7.13. The number of benzene rings is 2. The standard InChI is InChI=1S/C22H28N2O5S/c1-5-6-14-29-22(26)18-10-12-19(13-11-18)23-21(25)17(3)24(30(4,27)28)20-9-7-8-16(2)15-20/h7-13,15,17H,5-6,14H2,1-4H3,(H,23,25)/t17-/m0/s1. The fraction of sp³-hybridized carbons (Fsp3) is 0.364. The van der Waals surface area contributed by atoms with Gasteiger partial charge < -0.3 is 10.1 Å². The number of hydrogen-bond donors (Lipinski definition) is 1. The zero-order chi connectivity index (χ0) is 22.3. The molecule has 0 unspecified atom stereocenters. The highest BCUT2D eigenvalue weighted by Gasteiger charge is 2.29. The quantitative estimate of drug-likeness (QED) is 0.481. The van der Waals surface area contributed by atoms with E-state index in [1.165, 1.54) is 6.92 Å². The Balaban J connectivity index is 2.12. The molecule has 0 fully saturated rings. The van der Waals surface area contributed by atoms with Crippen molar-refractivity contribution in [2.75, 3.05) is 22.5 Å². The minimum atomic E-state index is -3.69. The second kappa shape index (κ2) is 10.2. The summed E-state index contributed by atoms with van der Waals surface area (Å²) in [7, 11) is -3.69. The van der Waals surface area contributed by atoms with E-state index in [1.807, 2.05) is 19.9 Å². The normalized spacial score (nSPS) is 12.1. The highest BCUT2D eigenvalue weighted by molar-refractivity contribution is 7.92. The van der Waals surface area contributed by atoms with Gasteiger partial charge in [-0.05, 0) is 62.2 Å². The molecule has 2 aromatic rings. The van der Waals surface area contributed by atoms with Crippen molar-refractivity contribution in [3.63, 3.8) is 0 Å². The minimum absolute atomic E-state index is 0.367. The lowest BCUT2D eigenvalue weighted by molar-refractivity contribution is -0.116. The Hall–Kier alpha value is -2.87. The molecule has 1 amide bonds. The van der Waals surface area contributed by atoms with E-state index >= 15 is 0 Å². The molecule has 30 heavy (non-hydrogen) atoms. The van der Waals surface area contributed by atoms with Crippen molar-refractivity contribution in [1.29, 1.82) is 0 Å². The number of carbonyl (C=O) groups excluding carboxylic acids is 2. The molecule has 1 atom stereocenters. The van der Waals surface area contributed by atoms with Crippen molar-refractivity contribution in [1.82, 2.24) is 0 Å². The molecule has 8 heteroatoms. The zero-order valence-corrected chi connectivity index (χ0v) is 18.5. The number of nitrogens with one attached hydrogen (secondary N) is 1. The van der Waals surface area contributed by atoms with Crippen molar-refractivity contribution in [2.45, 2.75) is 39.7 Å². The van der Waals surface area contributed by atoms with Gasteiger partial charge in [-0.1, -0.05) is 25.5 Å². The summed E-state index contributed by atoms with van der Waals surface area (Å²) in [6, 6.07) is 12.3. The Morgan fingerprint density at radius 2 is 1.80 bits per heavy atom. The predicted molar refractivity (Wildman–Crippen MR) is 118 cm³/mol. The highest BCUT2D eigenvalue weighted by atomic mass is 32.2. The van der Waals surface area contributed by atoms with E-state index in [0.29, 0.717) is 23.5 Å². The number of carbonyl (C=O) groups is 2. The van der Waals surface area contributed by atoms with Crippen molar-refractivity contribution in [3.8, 4) is 0 Å². The molecule has 0 spiro atoms. The third-order valence-electron chi connectivity index (χ3n) is 4.46. The maximum atomic E-state index is 12.7. The van der Waals surface area contributed by atoms with Crippen LogP contribution in [0.4, 0.5) is 11.4 Å². The number of sulfonamides is 1. The van der Waals surface area contributed by atoms with Gasteiger partial charge in [0.2, 0.25) is 15.9 Å². The van der Waals surface area contributed by atoms with Gasteiger partial charge in [-0.25, -0.2) is 13.2 Å². The van der Waals surface area contributed by atoms with Crippen LogP contribution in [-0.2, 0) is 19.6 Å². The van der Waals surface area contributed by atoms with E-state index in [2.05, 4.69) is 5.32 Å². The number of esters is 1. The molecule has 2 rings (SSSR count). The van der Waals surface area contributed by atoms with Crippen LogP contribution in [0.15, 0.2) is 48.5 Å². The van der Waals surface area contributed by atoms with Gasteiger partial charge in [-0.15, -0.1) is 0 Å². The third kappa shape index (κ3) is 6.32. The van der Waals surface area contributed by atoms with Crippen LogP contribution >= 0.6 is 0 Å². The van der Waals surface area contributed by atoms with E-state index in [0.717, 1.165) is 29.0 Å². The zero-order valence-electron chi connectivity index (χ0n) is 17.7. The topological polar surface area (TPSA) is 92.8 Å². The number of hydrogen-bond acceptors (Lipinski definition) is 5. The Kier molecular flexibility index (Phi) is 8.00. The molecule has 1 N–H and O–H groups in total. The van der Waals surface area contributed by atoms with Gasteiger partial charge in [0.25, 0.3) is 0 Å². The van der Waals surface area contributed by atoms with E-state index in [-0.39, 0.29) is 0 Å². The summed E-state index contributed by atoms with van der Waals surface area (Å²) in [6.07, 6.45) is 2.80. The van der Waals surface area contributed by atoms with E-state index in [1.54, 1.807) is 42.5 Å². The molecular weight excluding hydrogens is 404 g/mol. The summed E-state index contributed by atoms with van der Waals surface area (Å²) in [5.74, 6) is -0.905. The fourth-order valence-electron chi connectivity index (χ4n) is 2.90. The van der Waals surface area contributed by atoms with Crippen LogP contribution < -0.4 is 9.62 Å². The van der Waals surface area contributed by atoms with Gasteiger partial charge in [0.15, 0.2) is 0 Å². The average molecular weight is 433 g/mol. The van der Waals surface area contributed by atoms with Gasteiger partial charge in [-0.3, -0.25) is 9.10 Å². The first kappa shape index (κ1) is 23.4. The summed E-state index contributed by atoms with van der Waals surface area (Å²) in [4.78, 5) is 24.7. The molecule has 0 bridgehead atoms. The van der Waals surface area contributed by atoms with Crippen LogP contribution in [0, 0.1) is 6.92 Å². The number of ether oxygens (including phenoxy) is 1. The van der Waals surface area contributed by atoms with E-state index in [9.17, 15) is 18.0 Å². The first-order chi connectivity index (χ1) is 14.1. The van der Waals surface area contributed by atoms with Gasteiger partial charge in [-0.2, -0.15) is 0 Å². The van der Waals surface area contributed by atoms with E-state index in [4.69, 9.17) is 4.74 Å². The molecule has 0 aliphatic rings. The molecule has 2 aromatic carbocycles. The van der Waals surface area contributed by atoms with Crippen LogP contribution in [0.2, 0.25) is 0 Å². The number of unbranched alkanes of at least 4 members (excludes halogenated alkanes) is 1. The lowest BCUT2D eigenvalue weighted by Crippen LogP contribution is -2.45. The van der Waals surface area contributed by atoms with Gasteiger partial charge in [0.05, 0.1) is 24.1 Å². The maximum absolute atomic E-state index is 12.7. The average Bonchev–Trinajstić information content (AvgIpc) is 2.67. The fourth-order valence-corrected chi connectivity index (χ4v) is 4.07. The van der Waals surface area contributed by atoms with Gasteiger partial charge in [0, 0.05) is 5.69 Å². The summed E-state index contributed by atoms with van der Waals surface area (Å²) < 4.78 is 31.0. The molecule has 0 radical (unpaired) electrons. The van der Waals surface area contributed by atoms with Gasteiger partial charge in [0.1, 0.15) is 6.04 Å². The van der Waals surface area contributed by atoms with Crippen LogP contribution in [0.1, 0.15) is 42.6 Å². The van der Waals surface area contributed by atoms with Crippen molar-refractivity contribution in [2.24, 2.45) is 0 Å². The van der Waals surface area contributed by atoms with Crippen LogP contribution in [0.3, 0.4) is 0 Å². The van der Waals surface area contributed by atoms with Crippen LogP contribution in [-0.4, -0.2) is 39.2 Å². The Morgan fingerprint density at radius 1 is 1.13 bits per heavy atom. The summed E-state index contributed by atoms with van der Waals surface area (Å²) in [5, 5.41) is 2.70. The highest BCUT2D eigenvalue weighted by Crippen LogP contribution is 2.23. The molecule has 0 heterocycles. The van der Waals surface area contributed by atoms with Gasteiger partial charge >= 0.3 is 5.97 Å². The summed E-state index contributed by atoms with van der Waals surface area (Å²) in [6.45, 7) is 5.75. The lowest BCUT2D eigenvalue weighted by atomic mass is 10.2. The lowest BCUT2D eigenvalue weighted by Gasteiger charge is -2.28. The third-order valence-corrected chi connectivity index (χ3v) is 5.71. The van der Waals surface area contributed by atoms with Crippen LogP contribution in [0.25, 0.3) is 0 Å². The second-order valence-corrected chi connectivity index (χ2v) is 8.99. The molecule has 0 aromatic heterocycles.